The quantitative estimate of drug-likeness (QED) is 0.888. The zero-order chi connectivity index (χ0) is 16.5. The fourth-order valence-electron chi connectivity index (χ4n) is 3.44. The van der Waals surface area contributed by atoms with E-state index in [0.717, 1.165) is 31.6 Å². The molecule has 0 aliphatic carbocycles. The topological polar surface area (TPSA) is 71.1 Å². The highest BCUT2D eigenvalue weighted by atomic mass is 16.6. The Balaban J connectivity index is 1.43. The molecule has 3 heterocycles. The van der Waals surface area contributed by atoms with Gasteiger partial charge in [-0.1, -0.05) is 0 Å². The first kappa shape index (κ1) is 15.1. The van der Waals surface area contributed by atoms with Crippen LogP contribution in [0.25, 0.3) is 0 Å². The first-order chi connectivity index (χ1) is 11.7. The number of hydrogen-bond acceptors (Lipinski definition) is 4. The SMILES string of the molecule is O=C(NC1CC(=O)N(c2ccc3c(c2)OCCO3)C1)N1CCCC1. The van der Waals surface area contributed by atoms with Gasteiger partial charge in [0.2, 0.25) is 5.91 Å². The number of hydrogen-bond donors (Lipinski definition) is 1. The number of amides is 3. The Morgan fingerprint density at radius 3 is 2.67 bits per heavy atom. The molecule has 2 fully saturated rings. The van der Waals surface area contributed by atoms with Crippen LogP contribution in [0.3, 0.4) is 0 Å². The summed E-state index contributed by atoms with van der Waals surface area (Å²) in [6, 6.07) is 5.30. The predicted molar refractivity (Wildman–Crippen MR) is 87.5 cm³/mol. The van der Waals surface area contributed by atoms with E-state index in [9.17, 15) is 9.59 Å². The Bertz CT molecular complexity index is 657. The van der Waals surface area contributed by atoms with E-state index in [-0.39, 0.29) is 18.0 Å². The number of urea groups is 1. The van der Waals surface area contributed by atoms with Crippen LogP contribution in [0, 0.1) is 0 Å². The van der Waals surface area contributed by atoms with Crippen molar-refractivity contribution in [3.8, 4) is 11.5 Å². The van der Waals surface area contributed by atoms with Gasteiger partial charge in [-0.05, 0) is 25.0 Å². The molecule has 1 N–H and O–H groups in total. The van der Waals surface area contributed by atoms with Crippen molar-refractivity contribution in [2.75, 3.05) is 37.7 Å². The molecule has 3 aliphatic rings. The lowest BCUT2D eigenvalue weighted by molar-refractivity contribution is -0.117. The van der Waals surface area contributed by atoms with Crippen molar-refractivity contribution in [3.63, 3.8) is 0 Å². The van der Waals surface area contributed by atoms with Crippen molar-refractivity contribution in [2.45, 2.75) is 25.3 Å². The largest absolute Gasteiger partial charge is 0.486 e. The summed E-state index contributed by atoms with van der Waals surface area (Å²) in [5.41, 5.74) is 0.780. The van der Waals surface area contributed by atoms with Crippen LogP contribution in [0.2, 0.25) is 0 Å². The average molecular weight is 331 g/mol. The number of fused-ring (bicyclic) bond motifs is 1. The second kappa shape index (κ2) is 6.22. The van der Waals surface area contributed by atoms with Gasteiger partial charge in [0.05, 0.1) is 6.04 Å². The van der Waals surface area contributed by atoms with E-state index in [1.54, 1.807) is 4.90 Å². The maximum Gasteiger partial charge on any atom is 0.317 e. The Morgan fingerprint density at radius 2 is 1.88 bits per heavy atom. The van der Waals surface area contributed by atoms with Gasteiger partial charge in [-0.25, -0.2) is 4.79 Å². The molecule has 1 aromatic rings. The molecule has 0 spiro atoms. The van der Waals surface area contributed by atoms with E-state index < -0.39 is 0 Å². The molecule has 4 rings (SSSR count). The van der Waals surface area contributed by atoms with E-state index in [1.807, 2.05) is 23.1 Å². The monoisotopic (exact) mass is 331 g/mol. The summed E-state index contributed by atoms with van der Waals surface area (Å²) in [6.07, 6.45) is 2.44. The van der Waals surface area contributed by atoms with Gasteiger partial charge in [0.1, 0.15) is 13.2 Å². The van der Waals surface area contributed by atoms with Crippen molar-refractivity contribution in [3.05, 3.63) is 18.2 Å². The first-order valence-corrected chi connectivity index (χ1v) is 8.46. The Hall–Kier alpha value is -2.44. The molecule has 0 radical (unpaired) electrons. The lowest BCUT2D eigenvalue weighted by atomic mass is 10.2. The number of carbonyl (C=O) groups excluding carboxylic acids is 2. The van der Waals surface area contributed by atoms with Gasteiger partial charge in [0.25, 0.3) is 0 Å². The lowest BCUT2D eigenvalue weighted by Crippen LogP contribution is -2.44. The van der Waals surface area contributed by atoms with Crippen LogP contribution < -0.4 is 19.7 Å². The van der Waals surface area contributed by atoms with Crippen LogP contribution in [0.15, 0.2) is 18.2 Å². The van der Waals surface area contributed by atoms with E-state index in [4.69, 9.17) is 9.47 Å². The molecule has 128 valence electrons. The van der Waals surface area contributed by atoms with Gasteiger partial charge < -0.3 is 24.6 Å². The third-order valence-corrected chi connectivity index (χ3v) is 4.68. The number of ether oxygens (including phenoxy) is 2. The average Bonchev–Trinajstić information content (AvgIpc) is 3.24. The molecule has 0 aromatic heterocycles. The molecule has 3 amide bonds. The molecule has 1 aromatic carbocycles. The number of rotatable bonds is 2. The number of anilines is 1. The fourth-order valence-corrected chi connectivity index (χ4v) is 3.44. The summed E-state index contributed by atoms with van der Waals surface area (Å²) >= 11 is 0. The van der Waals surface area contributed by atoms with Crippen LogP contribution in [0.5, 0.6) is 11.5 Å². The Kier molecular flexibility index (Phi) is 3.92. The molecule has 0 saturated carbocycles. The highest BCUT2D eigenvalue weighted by Gasteiger charge is 2.33. The predicted octanol–water partition coefficient (Wildman–Crippen LogP) is 1.37. The fraction of sp³-hybridized carbons (Fsp3) is 0.529. The van der Waals surface area contributed by atoms with Gasteiger partial charge in [-0.15, -0.1) is 0 Å². The molecule has 0 bridgehead atoms. The second-order valence-electron chi connectivity index (χ2n) is 6.38. The summed E-state index contributed by atoms with van der Waals surface area (Å²) in [7, 11) is 0. The third kappa shape index (κ3) is 2.86. The molecular weight excluding hydrogens is 310 g/mol. The van der Waals surface area contributed by atoms with Crippen molar-refractivity contribution in [2.24, 2.45) is 0 Å². The van der Waals surface area contributed by atoms with Crippen molar-refractivity contribution >= 4 is 17.6 Å². The Labute approximate surface area is 140 Å². The smallest absolute Gasteiger partial charge is 0.317 e. The summed E-state index contributed by atoms with van der Waals surface area (Å²) in [5, 5.41) is 2.98. The van der Waals surface area contributed by atoms with Crippen LogP contribution in [0.1, 0.15) is 19.3 Å². The van der Waals surface area contributed by atoms with Crippen LogP contribution in [-0.4, -0.2) is 55.7 Å². The van der Waals surface area contributed by atoms with Gasteiger partial charge in [-0.3, -0.25) is 4.79 Å². The number of nitrogens with zero attached hydrogens (tertiary/aromatic N) is 2. The maximum absolute atomic E-state index is 12.3. The molecule has 24 heavy (non-hydrogen) atoms. The number of carbonyl (C=O) groups is 2. The summed E-state index contributed by atoms with van der Waals surface area (Å²) in [5.74, 6) is 1.38. The summed E-state index contributed by atoms with van der Waals surface area (Å²) < 4.78 is 11.1. The van der Waals surface area contributed by atoms with E-state index in [0.29, 0.717) is 37.7 Å². The lowest BCUT2D eigenvalue weighted by Gasteiger charge is -2.23. The zero-order valence-electron chi connectivity index (χ0n) is 13.5. The number of likely N-dealkylation sites (tertiary alicyclic amines) is 1. The minimum Gasteiger partial charge on any atom is -0.486 e. The number of nitrogens with one attached hydrogen (secondary N) is 1. The highest BCUT2D eigenvalue weighted by molar-refractivity contribution is 5.97. The van der Waals surface area contributed by atoms with Gasteiger partial charge >= 0.3 is 6.03 Å². The van der Waals surface area contributed by atoms with Crippen molar-refractivity contribution < 1.29 is 19.1 Å². The molecular formula is C17H21N3O4. The highest BCUT2D eigenvalue weighted by Crippen LogP contribution is 2.35. The summed E-state index contributed by atoms with van der Waals surface area (Å²) in [4.78, 5) is 28.1. The van der Waals surface area contributed by atoms with E-state index in [1.165, 1.54) is 0 Å². The van der Waals surface area contributed by atoms with E-state index >= 15 is 0 Å². The summed E-state index contributed by atoms with van der Waals surface area (Å²) in [6.45, 7) is 3.15. The van der Waals surface area contributed by atoms with Crippen molar-refractivity contribution in [1.82, 2.24) is 10.2 Å². The molecule has 7 nitrogen and oxygen atoms in total. The molecule has 1 unspecified atom stereocenters. The minimum atomic E-state index is -0.154. The molecule has 2 saturated heterocycles. The van der Waals surface area contributed by atoms with Gasteiger partial charge in [0, 0.05) is 37.8 Å². The molecule has 1 atom stereocenters. The standard InChI is InChI=1S/C17H21N3O4/c21-16-9-12(18-17(22)19-5-1-2-6-19)11-20(16)13-3-4-14-15(10-13)24-8-7-23-14/h3-4,10,12H,1-2,5-9,11H2,(H,18,22). The number of benzene rings is 1. The van der Waals surface area contributed by atoms with Gasteiger partial charge in [0.15, 0.2) is 11.5 Å². The third-order valence-electron chi connectivity index (χ3n) is 4.68. The molecule has 7 heteroatoms. The first-order valence-electron chi connectivity index (χ1n) is 8.46. The van der Waals surface area contributed by atoms with Crippen LogP contribution >= 0.6 is 0 Å². The minimum absolute atomic E-state index is 0.0124. The van der Waals surface area contributed by atoms with Crippen LogP contribution in [-0.2, 0) is 4.79 Å². The zero-order valence-corrected chi connectivity index (χ0v) is 13.5. The normalized spacial score (nSPS) is 22.8. The van der Waals surface area contributed by atoms with E-state index in [2.05, 4.69) is 5.32 Å². The van der Waals surface area contributed by atoms with Crippen LogP contribution in [0.4, 0.5) is 10.5 Å². The second-order valence-corrected chi connectivity index (χ2v) is 6.38. The van der Waals surface area contributed by atoms with Gasteiger partial charge in [-0.2, -0.15) is 0 Å². The Morgan fingerprint density at radius 1 is 1.12 bits per heavy atom. The van der Waals surface area contributed by atoms with Crippen molar-refractivity contribution in [1.29, 1.82) is 0 Å². The maximum atomic E-state index is 12.3. The molecule has 3 aliphatic heterocycles.